The monoisotopic (exact) mass is 276 g/mol. The molecule has 1 heterocycles. The molecule has 106 valence electrons. The fraction of sp³-hybridized carbons (Fsp3) is 0.900. The van der Waals surface area contributed by atoms with E-state index >= 15 is 0 Å². The lowest BCUT2D eigenvalue weighted by atomic mass is 9.80. The summed E-state index contributed by atoms with van der Waals surface area (Å²) >= 11 is 0. The summed E-state index contributed by atoms with van der Waals surface area (Å²) in [7, 11) is 1.53. The SMILES string of the molecule is CN1CC(CCC(F)(F)F)(CCC(F)(F)F)C=N1. The molecule has 0 amide bonds. The van der Waals surface area contributed by atoms with Crippen molar-refractivity contribution in [1.29, 1.82) is 0 Å². The normalized spacial score (nSPS) is 19.6. The van der Waals surface area contributed by atoms with E-state index in [0.717, 1.165) is 0 Å². The van der Waals surface area contributed by atoms with Crippen molar-refractivity contribution >= 4 is 6.21 Å². The van der Waals surface area contributed by atoms with Crippen LogP contribution < -0.4 is 0 Å². The number of halogens is 6. The first-order valence-corrected chi connectivity index (χ1v) is 5.41. The molecule has 0 aliphatic carbocycles. The van der Waals surface area contributed by atoms with Crippen LogP contribution in [0.25, 0.3) is 0 Å². The number of hydrazone groups is 1. The summed E-state index contributed by atoms with van der Waals surface area (Å²) in [6.45, 7) is 0.0964. The standard InChI is InChI=1S/C10H14F6N2/c1-18-7-8(6-17-18,2-4-9(11,12)13)3-5-10(14,15)16/h6H,2-5,7H2,1H3. The molecule has 2 nitrogen and oxygen atoms in total. The smallest absolute Gasteiger partial charge is 0.299 e. The molecule has 0 N–H and O–H groups in total. The van der Waals surface area contributed by atoms with Crippen LogP contribution in [0.3, 0.4) is 0 Å². The molecule has 0 bridgehead atoms. The molecule has 0 saturated heterocycles. The Hall–Kier alpha value is -0.950. The minimum Gasteiger partial charge on any atom is -0.299 e. The van der Waals surface area contributed by atoms with Crippen molar-refractivity contribution in [3.63, 3.8) is 0 Å². The molecular formula is C10H14F6N2. The Morgan fingerprint density at radius 3 is 1.78 bits per heavy atom. The molecule has 0 radical (unpaired) electrons. The fourth-order valence-electron chi connectivity index (χ4n) is 1.95. The first kappa shape index (κ1) is 15.1. The number of hydrogen-bond acceptors (Lipinski definition) is 2. The maximum absolute atomic E-state index is 12.2. The third-order valence-corrected chi connectivity index (χ3v) is 2.89. The van der Waals surface area contributed by atoms with Crippen molar-refractivity contribution < 1.29 is 26.3 Å². The van der Waals surface area contributed by atoms with Gasteiger partial charge < -0.3 is 0 Å². The van der Waals surface area contributed by atoms with Crippen molar-refractivity contribution in [2.75, 3.05) is 13.6 Å². The minimum atomic E-state index is -4.36. The lowest BCUT2D eigenvalue weighted by molar-refractivity contribution is -0.146. The zero-order valence-electron chi connectivity index (χ0n) is 9.78. The van der Waals surface area contributed by atoms with E-state index in [1.807, 2.05) is 0 Å². The number of nitrogens with zero attached hydrogens (tertiary/aromatic N) is 2. The quantitative estimate of drug-likeness (QED) is 0.716. The van der Waals surface area contributed by atoms with Gasteiger partial charge in [-0.15, -0.1) is 0 Å². The van der Waals surface area contributed by atoms with Gasteiger partial charge in [-0.05, 0) is 12.8 Å². The second-order valence-electron chi connectivity index (χ2n) is 4.65. The van der Waals surface area contributed by atoms with E-state index in [0.29, 0.717) is 0 Å². The van der Waals surface area contributed by atoms with Gasteiger partial charge in [0.05, 0.1) is 0 Å². The molecule has 1 aliphatic heterocycles. The molecule has 0 aromatic carbocycles. The summed E-state index contributed by atoms with van der Waals surface area (Å²) in [5.74, 6) is 0. The average Bonchev–Trinajstić information content (AvgIpc) is 2.54. The fourth-order valence-corrected chi connectivity index (χ4v) is 1.95. The maximum Gasteiger partial charge on any atom is 0.389 e. The van der Waals surface area contributed by atoms with Crippen LogP contribution in [0.15, 0.2) is 5.10 Å². The Bertz CT molecular complexity index is 288. The molecule has 0 aromatic rings. The van der Waals surface area contributed by atoms with E-state index in [1.165, 1.54) is 18.3 Å². The van der Waals surface area contributed by atoms with Crippen LogP contribution in [0, 0.1) is 5.41 Å². The van der Waals surface area contributed by atoms with E-state index in [4.69, 9.17) is 0 Å². The molecule has 0 spiro atoms. The second kappa shape index (κ2) is 4.97. The van der Waals surface area contributed by atoms with Crippen LogP contribution in [0.1, 0.15) is 25.7 Å². The van der Waals surface area contributed by atoms with Crippen molar-refractivity contribution in [3.8, 4) is 0 Å². The van der Waals surface area contributed by atoms with Crippen molar-refractivity contribution in [2.24, 2.45) is 10.5 Å². The molecule has 0 fully saturated rings. The predicted octanol–water partition coefficient (Wildman–Crippen LogP) is 3.59. The van der Waals surface area contributed by atoms with Gasteiger partial charge in [-0.2, -0.15) is 31.4 Å². The highest BCUT2D eigenvalue weighted by Crippen LogP contribution is 2.39. The molecule has 1 aliphatic rings. The van der Waals surface area contributed by atoms with Crippen LogP contribution in [0.4, 0.5) is 26.3 Å². The lowest BCUT2D eigenvalue weighted by Crippen LogP contribution is -2.31. The Morgan fingerprint density at radius 1 is 1.06 bits per heavy atom. The highest BCUT2D eigenvalue weighted by Gasteiger charge is 2.41. The molecule has 1 rings (SSSR count). The molecule has 18 heavy (non-hydrogen) atoms. The van der Waals surface area contributed by atoms with Gasteiger partial charge in [0, 0.05) is 38.1 Å². The van der Waals surface area contributed by atoms with Crippen LogP contribution >= 0.6 is 0 Å². The van der Waals surface area contributed by atoms with Gasteiger partial charge in [0.2, 0.25) is 0 Å². The Labute approximate surface area is 101 Å². The summed E-state index contributed by atoms with van der Waals surface area (Å²) in [5, 5.41) is 5.13. The van der Waals surface area contributed by atoms with E-state index in [-0.39, 0.29) is 19.4 Å². The summed E-state index contributed by atoms with van der Waals surface area (Å²) in [6, 6.07) is 0. The topological polar surface area (TPSA) is 15.6 Å². The summed E-state index contributed by atoms with van der Waals surface area (Å²) in [4.78, 5) is 0. The van der Waals surface area contributed by atoms with E-state index in [9.17, 15) is 26.3 Å². The van der Waals surface area contributed by atoms with Crippen LogP contribution in [0.5, 0.6) is 0 Å². The number of hydrogen-bond donors (Lipinski definition) is 0. The van der Waals surface area contributed by atoms with E-state index < -0.39 is 30.6 Å². The Kier molecular flexibility index (Phi) is 4.17. The van der Waals surface area contributed by atoms with Gasteiger partial charge in [-0.1, -0.05) is 0 Å². The van der Waals surface area contributed by atoms with Crippen molar-refractivity contribution in [1.82, 2.24) is 5.01 Å². The van der Waals surface area contributed by atoms with Gasteiger partial charge in [-0.25, -0.2) is 0 Å². The highest BCUT2D eigenvalue weighted by molar-refractivity contribution is 5.67. The summed E-state index contributed by atoms with van der Waals surface area (Å²) < 4.78 is 73.0. The first-order chi connectivity index (χ1) is 8.02. The number of rotatable bonds is 4. The van der Waals surface area contributed by atoms with Crippen LogP contribution in [0.2, 0.25) is 0 Å². The third kappa shape index (κ3) is 5.14. The lowest BCUT2D eigenvalue weighted by Gasteiger charge is -2.27. The van der Waals surface area contributed by atoms with Gasteiger partial charge in [0.1, 0.15) is 0 Å². The van der Waals surface area contributed by atoms with Crippen LogP contribution in [-0.2, 0) is 0 Å². The molecule has 0 saturated carbocycles. The van der Waals surface area contributed by atoms with Crippen molar-refractivity contribution in [2.45, 2.75) is 38.0 Å². The highest BCUT2D eigenvalue weighted by atomic mass is 19.4. The van der Waals surface area contributed by atoms with Crippen LogP contribution in [-0.4, -0.2) is 37.2 Å². The second-order valence-corrected chi connectivity index (χ2v) is 4.65. The van der Waals surface area contributed by atoms with Gasteiger partial charge >= 0.3 is 12.4 Å². The van der Waals surface area contributed by atoms with Gasteiger partial charge in [-0.3, -0.25) is 5.01 Å². The third-order valence-electron chi connectivity index (χ3n) is 2.89. The zero-order chi connectivity index (χ0) is 14.0. The minimum absolute atomic E-state index is 0.0964. The molecule has 0 atom stereocenters. The molecule has 0 aromatic heterocycles. The Balaban J connectivity index is 2.63. The van der Waals surface area contributed by atoms with E-state index in [1.54, 1.807) is 0 Å². The Morgan fingerprint density at radius 2 is 1.50 bits per heavy atom. The molecular weight excluding hydrogens is 262 g/mol. The molecule has 8 heteroatoms. The van der Waals surface area contributed by atoms with E-state index in [2.05, 4.69) is 5.10 Å². The molecule has 0 unspecified atom stereocenters. The first-order valence-electron chi connectivity index (χ1n) is 5.41. The average molecular weight is 276 g/mol. The zero-order valence-corrected chi connectivity index (χ0v) is 9.78. The van der Waals surface area contributed by atoms with Gasteiger partial charge in [0.15, 0.2) is 0 Å². The maximum atomic E-state index is 12.2. The van der Waals surface area contributed by atoms with Gasteiger partial charge in [0.25, 0.3) is 0 Å². The largest absolute Gasteiger partial charge is 0.389 e. The summed E-state index contributed by atoms with van der Waals surface area (Å²) in [5.41, 5.74) is -1.13. The number of alkyl halides is 6. The predicted molar refractivity (Wildman–Crippen MR) is 54.1 cm³/mol. The summed E-state index contributed by atoms with van der Waals surface area (Å²) in [6.07, 6.45) is -10.4. The van der Waals surface area contributed by atoms with Crippen molar-refractivity contribution in [3.05, 3.63) is 0 Å².